The molecule has 3 nitrogen and oxygen atoms in total. The van der Waals surface area contributed by atoms with Gasteiger partial charge in [0.05, 0.1) is 13.2 Å². The number of hydrogen-bond acceptors (Lipinski definition) is 3. The average Bonchev–Trinajstić information content (AvgIpc) is 2.45. The van der Waals surface area contributed by atoms with Gasteiger partial charge in [-0.2, -0.15) is 0 Å². The lowest BCUT2D eigenvalue weighted by Gasteiger charge is -2.09. The molecule has 0 saturated carbocycles. The maximum Gasteiger partial charge on any atom is 0.119 e. The van der Waals surface area contributed by atoms with Gasteiger partial charge in [0.15, 0.2) is 0 Å². The number of ether oxygens (including phenoxy) is 2. The van der Waals surface area contributed by atoms with Gasteiger partial charge in [0.1, 0.15) is 12.4 Å². The van der Waals surface area contributed by atoms with Crippen LogP contribution in [0.25, 0.3) is 0 Å². The average molecular weight is 290 g/mol. The van der Waals surface area contributed by atoms with Crippen LogP contribution in [-0.2, 0) is 4.74 Å². The minimum atomic E-state index is 0.101. The van der Waals surface area contributed by atoms with Crippen molar-refractivity contribution in [2.45, 2.75) is 33.6 Å². The highest BCUT2D eigenvalue weighted by Gasteiger charge is 1.99. The fourth-order valence-electron chi connectivity index (χ4n) is 1.72. The van der Waals surface area contributed by atoms with Crippen LogP contribution in [0.3, 0.4) is 0 Å². The van der Waals surface area contributed by atoms with Gasteiger partial charge < -0.3 is 14.6 Å². The minimum absolute atomic E-state index is 0.101. The Labute approximate surface area is 128 Å². The molecule has 0 bridgehead atoms. The lowest BCUT2D eigenvalue weighted by atomic mass is 10.1. The quantitative estimate of drug-likeness (QED) is 0.590. The molecule has 116 valence electrons. The molecule has 0 aliphatic heterocycles. The Morgan fingerprint density at radius 1 is 1.19 bits per heavy atom. The van der Waals surface area contributed by atoms with E-state index in [-0.39, 0.29) is 6.61 Å². The molecule has 0 amide bonds. The van der Waals surface area contributed by atoms with Gasteiger partial charge in [-0.15, -0.1) is 0 Å². The molecule has 21 heavy (non-hydrogen) atoms. The van der Waals surface area contributed by atoms with E-state index in [1.54, 1.807) is 0 Å². The molecule has 0 aliphatic rings. The largest absolute Gasteiger partial charge is 0.491 e. The molecule has 0 aromatic heterocycles. The van der Waals surface area contributed by atoms with Crippen molar-refractivity contribution in [3.8, 4) is 17.6 Å². The van der Waals surface area contributed by atoms with E-state index in [4.69, 9.17) is 14.6 Å². The van der Waals surface area contributed by atoms with E-state index in [1.165, 1.54) is 0 Å². The Morgan fingerprint density at radius 2 is 2.00 bits per heavy atom. The van der Waals surface area contributed by atoms with E-state index in [2.05, 4.69) is 25.7 Å². The van der Waals surface area contributed by atoms with Gasteiger partial charge in [0.25, 0.3) is 0 Å². The molecule has 0 unspecified atom stereocenters. The summed E-state index contributed by atoms with van der Waals surface area (Å²) in [6, 6.07) is 5.86. The molecule has 0 radical (unpaired) electrons. The maximum atomic E-state index is 8.71. The molecule has 1 aromatic rings. The summed E-state index contributed by atoms with van der Waals surface area (Å²) >= 11 is 0. The highest BCUT2D eigenvalue weighted by molar-refractivity contribution is 5.44. The normalized spacial score (nSPS) is 10.3. The van der Waals surface area contributed by atoms with Crippen LogP contribution in [0.5, 0.6) is 5.75 Å². The van der Waals surface area contributed by atoms with Crippen molar-refractivity contribution in [1.82, 2.24) is 0 Å². The summed E-state index contributed by atoms with van der Waals surface area (Å²) in [5.74, 6) is 7.49. The van der Waals surface area contributed by atoms with Crippen LogP contribution in [0.2, 0.25) is 0 Å². The van der Waals surface area contributed by atoms with Crippen LogP contribution < -0.4 is 4.74 Å². The molecule has 0 atom stereocenters. The van der Waals surface area contributed by atoms with Gasteiger partial charge in [-0.05, 0) is 43.0 Å². The van der Waals surface area contributed by atoms with Crippen molar-refractivity contribution < 1.29 is 14.6 Å². The van der Waals surface area contributed by atoms with Crippen LogP contribution >= 0.6 is 0 Å². The third kappa shape index (κ3) is 7.75. The van der Waals surface area contributed by atoms with Gasteiger partial charge in [0, 0.05) is 18.6 Å². The summed E-state index contributed by atoms with van der Waals surface area (Å²) in [7, 11) is 0. The van der Waals surface area contributed by atoms with Gasteiger partial charge in [-0.1, -0.05) is 25.7 Å². The smallest absolute Gasteiger partial charge is 0.119 e. The molecule has 0 saturated heterocycles. The first kappa shape index (κ1) is 17.6. The van der Waals surface area contributed by atoms with E-state index in [9.17, 15) is 0 Å². The van der Waals surface area contributed by atoms with Crippen LogP contribution in [0, 0.1) is 24.7 Å². The van der Waals surface area contributed by atoms with Gasteiger partial charge in [-0.3, -0.25) is 0 Å². The number of aliphatic hydroxyl groups excluding tert-OH is 1. The summed E-state index contributed by atoms with van der Waals surface area (Å²) in [5, 5.41) is 8.71. The highest BCUT2D eigenvalue weighted by Crippen LogP contribution is 2.16. The number of hydrogen-bond donors (Lipinski definition) is 1. The van der Waals surface area contributed by atoms with Crippen molar-refractivity contribution in [2.24, 2.45) is 5.92 Å². The zero-order valence-corrected chi connectivity index (χ0v) is 13.3. The zero-order chi connectivity index (χ0) is 15.5. The fraction of sp³-hybridized carbons (Fsp3) is 0.556. The second-order valence-electron chi connectivity index (χ2n) is 5.40. The Bertz CT molecular complexity index is 469. The van der Waals surface area contributed by atoms with Crippen LogP contribution in [-0.4, -0.2) is 31.5 Å². The summed E-state index contributed by atoms with van der Waals surface area (Å²) < 4.78 is 11.2. The fourth-order valence-corrected chi connectivity index (χ4v) is 1.72. The molecule has 0 spiro atoms. The number of aliphatic hydroxyl groups is 1. The van der Waals surface area contributed by atoms with Crippen molar-refractivity contribution >= 4 is 0 Å². The molecular formula is C18H26O3. The Balaban J connectivity index is 2.34. The first-order chi connectivity index (χ1) is 10.1. The van der Waals surface area contributed by atoms with E-state index in [0.717, 1.165) is 29.9 Å². The number of benzene rings is 1. The summed E-state index contributed by atoms with van der Waals surface area (Å²) in [6.07, 6.45) is 1.59. The standard InChI is InChI=1S/C18H26O3/c1-15(2)9-11-20-12-13-21-18-8-7-17(16(3)14-18)6-4-5-10-19/h7-8,14-15,19H,5,9-13H2,1-3H3. The molecule has 3 heteroatoms. The first-order valence-electron chi connectivity index (χ1n) is 7.54. The Morgan fingerprint density at radius 3 is 2.67 bits per heavy atom. The third-order valence-corrected chi connectivity index (χ3v) is 2.99. The van der Waals surface area contributed by atoms with Gasteiger partial charge in [-0.25, -0.2) is 0 Å². The highest BCUT2D eigenvalue weighted by atomic mass is 16.5. The van der Waals surface area contributed by atoms with Gasteiger partial charge >= 0.3 is 0 Å². The molecule has 0 fully saturated rings. The zero-order valence-electron chi connectivity index (χ0n) is 13.3. The maximum absolute atomic E-state index is 8.71. The second kappa shape index (κ2) is 10.3. The topological polar surface area (TPSA) is 38.7 Å². The van der Waals surface area contributed by atoms with Crippen molar-refractivity contribution in [1.29, 1.82) is 0 Å². The van der Waals surface area contributed by atoms with Gasteiger partial charge in [0.2, 0.25) is 0 Å². The Kier molecular flexibility index (Phi) is 8.57. The van der Waals surface area contributed by atoms with Crippen LogP contribution in [0.15, 0.2) is 18.2 Å². The predicted molar refractivity (Wildman–Crippen MR) is 85.5 cm³/mol. The molecule has 0 heterocycles. The van der Waals surface area contributed by atoms with E-state index < -0.39 is 0 Å². The van der Waals surface area contributed by atoms with Crippen molar-refractivity contribution in [3.05, 3.63) is 29.3 Å². The lowest BCUT2D eigenvalue weighted by Crippen LogP contribution is -2.08. The lowest BCUT2D eigenvalue weighted by molar-refractivity contribution is 0.0925. The van der Waals surface area contributed by atoms with Crippen LogP contribution in [0.1, 0.15) is 37.8 Å². The van der Waals surface area contributed by atoms with Crippen molar-refractivity contribution in [3.63, 3.8) is 0 Å². The summed E-state index contributed by atoms with van der Waals surface area (Å²) in [4.78, 5) is 0. The SMILES string of the molecule is Cc1cc(OCCOCCC(C)C)ccc1C#CCCO. The number of aryl methyl sites for hydroxylation is 1. The van der Waals surface area contributed by atoms with E-state index in [0.29, 0.717) is 25.6 Å². The van der Waals surface area contributed by atoms with E-state index in [1.807, 2.05) is 25.1 Å². The molecule has 0 aliphatic carbocycles. The molecule has 1 rings (SSSR count). The predicted octanol–water partition coefficient (Wildman–Crippen LogP) is 3.17. The Hall–Kier alpha value is -1.50. The number of rotatable bonds is 8. The summed E-state index contributed by atoms with van der Waals surface area (Å²) in [5.41, 5.74) is 2.06. The first-order valence-corrected chi connectivity index (χ1v) is 7.54. The molecule has 1 aromatic carbocycles. The molecular weight excluding hydrogens is 264 g/mol. The third-order valence-electron chi connectivity index (χ3n) is 2.99. The monoisotopic (exact) mass is 290 g/mol. The van der Waals surface area contributed by atoms with Crippen LogP contribution in [0.4, 0.5) is 0 Å². The summed E-state index contributed by atoms with van der Waals surface area (Å²) in [6.45, 7) is 8.45. The minimum Gasteiger partial charge on any atom is -0.491 e. The molecule has 1 N–H and O–H groups in total. The van der Waals surface area contributed by atoms with E-state index >= 15 is 0 Å². The van der Waals surface area contributed by atoms with Crippen molar-refractivity contribution in [2.75, 3.05) is 26.4 Å². The second-order valence-corrected chi connectivity index (χ2v) is 5.40.